The van der Waals surface area contributed by atoms with Crippen LogP contribution in [0.15, 0.2) is 30.5 Å². The average molecular weight is 242 g/mol. The number of nitrogens with two attached hydrogens (primary N) is 1. The molecule has 0 aliphatic heterocycles. The minimum atomic E-state index is 0.542. The normalized spacial score (nSPS) is 10.4. The molecule has 0 fully saturated rings. The summed E-state index contributed by atoms with van der Waals surface area (Å²) in [6, 6.07) is 8.12. The van der Waals surface area contributed by atoms with E-state index in [0.29, 0.717) is 6.54 Å². The highest BCUT2D eigenvalue weighted by Gasteiger charge is 2.07. The van der Waals surface area contributed by atoms with Gasteiger partial charge in [0.25, 0.3) is 0 Å². The molecule has 94 valence electrons. The van der Waals surface area contributed by atoms with E-state index in [4.69, 9.17) is 5.73 Å². The summed E-state index contributed by atoms with van der Waals surface area (Å²) in [4.78, 5) is 10.9. The van der Waals surface area contributed by atoms with E-state index in [9.17, 15) is 0 Å². The molecule has 0 aliphatic rings. The number of benzene rings is 1. The quantitative estimate of drug-likeness (QED) is 0.897. The Balaban J connectivity index is 2.34. The van der Waals surface area contributed by atoms with Gasteiger partial charge in [-0.25, -0.2) is 4.98 Å². The summed E-state index contributed by atoms with van der Waals surface area (Å²) in [6.45, 7) is 4.47. The summed E-state index contributed by atoms with van der Waals surface area (Å²) in [5.41, 5.74) is 9.74. The Labute approximate surface area is 107 Å². The Morgan fingerprint density at radius 3 is 2.67 bits per heavy atom. The largest absolute Gasteiger partial charge is 0.328 e. The second-order valence-corrected chi connectivity index (χ2v) is 4.33. The van der Waals surface area contributed by atoms with Gasteiger partial charge < -0.3 is 10.6 Å². The van der Waals surface area contributed by atoms with Gasteiger partial charge >= 0.3 is 0 Å². The second kappa shape index (κ2) is 5.14. The number of anilines is 2. The van der Waals surface area contributed by atoms with Gasteiger partial charge in [0.15, 0.2) is 5.82 Å². The van der Waals surface area contributed by atoms with E-state index in [1.807, 2.05) is 44.0 Å². The Kier molecular flexibility index (Phi) is 3.58. The summed E-state index contributed by atoms with van der Waals surface area (Å²) >= 11 is 0. The lowest BCUT2D eigenvalue weighted by Crippen LogP contribution is -2.13. The molecule has 0 spiro atoms. The van der Waals surface area contributed by atoms with E-state index >= 15 is 0 Å². The van der Waals surface area contributed by atoms with E-state index in [2.05, 4.69) is 16.0 Å². The third-order valence-electron chi connectivity index (χ3n) is 3.06. The minimum absolute atomic E-state index is 0.542. The number of aryl methyl sites for hydroxylation is 2. The van der Waals surface area contributed by atoms with Crippen LogP contribution in [-0.2, 0) is 6.54 Å². The van der Waals surface area contributed by atoms with Gasteiger partial charge in [-0.15, -0.1) is 0 Å². The first-order valence-corrected chi connectivity index (χ1v) is 5.95. The standard InChI is InChI=1S/C14H18N4/c1-10-11(2)17-14(9-16-10)18(3)13-6-4-5-12(7-13)8-15/h4-7,9H,8,15H2,1-3H3. The van der Waals surface area contributed by atoms with Crippen LogP contribution in [0.4, 0.5) is 11.5 Å². The summed E-state index contributed by atoms with van der Waals surface area (Å²) in [5.74, 6) is 0.840. The van der Waals surface area contributed by atoms with Crippen molar-refractivity contribution in [3.05, 3.63) is 47.4 Å². The van der Waals surface area contributed by atoms with Crippen LogP contribution >= 0.6 is 0 Å². The molecule has 4 heteroatoms. The van der Waals surface area contributed by atoms with E-state index in [1.165, 1.54) is 0 Å². The highest BCUT2D eigenvalue weighted by Crippen LogP contribution is 2.22. The molecule has 0 atom stereocenters. The lowest BCUT2D eigenvalue weighted by Gasteiger charge is -2.19. The van der Waals surface area contributed by atoms with Crippen molar-refractivity contribution in [3.63, 3.8) is 0 Å². The molecule has 4 nitrogen and oxygen atoms in total. The number of nitrogens with zero attached hydrogens (tertiary/aromatic N) is 3. The van der Waals surface area contributed by atoms with Crippen LogP contribution in [0.5, 0.6) is 0 Å². The predicted octanol–water partition coefficient (Wildman–Crippen LogP) is 2.32. The van der Waals surface area contributed by atoms with Crippen LogP contribution < -0.4 is 10.6 Å². The van der Waals surface area contributed by atoms with Crippen LogP contribution in [0.1, 0.15) is 17.0 Å². The highest BCUT2D eigenvalue weighted by atomic mass is 15.2. The van der Waals surface area contributed by atoms with Crippen LogP contribution in [-0.4, -0.2) is 17.0 Å². The molecule has 0 saturated carbocycles. The molecule has 0 saturated heterocycles. The van der Waals surface area contributed by atoms with Gasteiger partial charge in [0.05, 0.1) is 17.6 Å². The van der Waals surface area contributed by atoms with Gasteiger partial charge in [-0.2, -0.15) is 0 Å². The smallest absolute Gasteiger partial charge is 0.151 e. The maximum atomic E-state index is 5.66. The van der Waals surface area contributed by atoms with Crippen molar-refractivity contribution in [2.24, 2.45) is 5.73 Å². The van der Waals surface area contributed by atoms with Crippen molar-refractivity contribution in [2.75, 3.05) is 11.9 Å². The molecule has 2 aromatic rings. The zero-order chi connectivity index (χ0) is 13.1. The fourth-order valence-corrected chi connectivity index (χ4v) is 1.72. The first-order valence-electron chi connectivity index (χ1n) is 5.95. The SMILES string of the molecule is Cc1ncc(N(C)c2cccc(CN)c2)nc1C. The number of hydrogen-bond acceptors (Lipinski definition) is 4. The third-order valence-corrected chi connectivity index (χ3v) is 3.06. The number of hydrogen-bond donors (Lipinski definition) is 1. The molecule has 18 heavy (non-hydrogen) atoms. The van der Waals surface area contributed by atoms with Gasteiger partial charge in [-0.1, -0.05) is 12.1 Å². The van der Waals surface area contributed by atoms with Gasteiger partial charge in [-0.05, 0) is 31.5 Å². The Morgan fingerprint density at radius 1 is 1.22 bits per heavy atom. The van der Waals surface area contributed by atoms with Gasteiger partial charge in [-0.3, -0.25) is 4.98 Å². The molecule has 0 unspecified atom stereocenters. The van der Waals surface area contributed by atoms with E-state index < -0.39 is 0 Å². The van der Waals surface area contributed by atoms with Crippen LogP contribution in [0.25, 0.3) is 0 Å². The van der Waals surface area contributed by atoms with Crippen molar-refractivity contribution in [3.8, 4) is 0 Å². The monoisotopic (exact) mass is 242 g/mol. The molecule has 1 aromatic carbocycles. The van der Waals surface area contributed by atoms with Gasteiger partial charge in [0.2, 0.25) is 0 Å². The summed E-state index contributed by atoms with van der Waals surface area (Å²) in [6.07, 6.45) is 1.79. The highest BCUT2D eigenvalue weighted by molar-refractivity contribution is 5.59. The summed E-state index contributed by atoms with van der Waals surface area (Å²) < 4.78 is 0. The molecule has 0 radical (unpaired) electrons. The van der Waals surface area contributed by atoms with E-state index in [0.717, 1.165) is 28.5 Å². The molecule has 1 aromatic heterocycles. The zero-order valence-corrected chi connectivity index (χ0v) is 11.0. The average Bonchev–Trinajstić information content (AvgIpc) is 2.41. The lowest BCUT2D eigenvalue weighted by atomic mass is 10.2. The van der Waals surface area contributed by atoms with Gasteiger partial charge in [0.1, 0.15) is 0 Å². The van der Waals surface area contributed by atoms with E-state index in [1.54, 1.807) is 6.20 Å². The lowest BCUT2D eigenvalue weighted by molar-refractivity contribution is 1.00. The van der Waals surface area contributed by atoms with Crippen molar-refractivity contribution in [1.29, 1.82) is 0 Å². The van der Waals surface area contributed by atoms with Crippen molar-refractivity contribution >= 4 is 11.5 Å². The predicted molar refractivity (Wildman–Crippen MR) is 73.9 cm³/mol. The van der Waals surface area contributed by atoms with Crippen LogP contribution in [0.2, 0.25) is 0 Å². The van der Waals surface area contributed by atoms with Crippen LogP contribution in [0, 0.1) is 13.8 Å². The van der Waals surface area contributed by atoms with Crippen molar-refractivity contribution < 1.29 is 0 Å². The maximum absolute atomic E-state index is 5.66. The van der Waals surface area contributed by atoms with Crippen molar-refractivity contribution in [2.45, 2.75) is 20.4 Å². The molecule has 0 bridgehead atoms. The summed E-state index contributed by atoms with van der Waals surface area (Å²) in [7, 11) is 1.98. The molecule has 2 N–H and O–H groups in total. The van der Waals surface area contributed by atoms with E-state index in [-0.39, 0.29) is 0 Å². The number of aromatic nitrogens is 2. The fourth-order valence-electron chi connectivity index (χ4n) is 1.72. The molecule has 0 aliphatic carbocycles. The Hall–Kier alpha value is -1.94. The molecule has 0 amide bonds. The Bertz CT molecular complexity index is 551. The third kappa shape index (κ3) is 2.49. The number of rotatable bonds is 3. The molecule has 1 heterocycles. The first-order chi connectivity index (χ1) is 8.61. The molecule has 2 rings (SSSR count). The summed E-state index contributed by atoms with van der Waals surface area (Å²) in [5, 5.41) is 0. The van der Waals surface area contributed by atoms with Crippen LogP contribution in [0.3, 0.4) is 0 Å². The van der Waals surface area contributed by atoms with Crippen molar-refractivity contribution in [1.82, 2.24) is 9.97 Å². The fraction of sp³-hybridized carbons (Fsp3) is 0.286. The zero-order valence-electron chi connectivity index (χ0n) is 11.0. The molecular weight excluding hydrogens is 224 g/mol. The molecular formula is C14H18N4. The maximum Gasteiger partial charge on any atom is 0.151 e. The topological polar surface area (TPSA) is 55.0 Å². The van der Waals surface area contributed by atoms with Gasteiger partial charge in [0, 0.05) is 19.3 Å². The second-order valence-electron chi connectivity index (χ2n) is 4.33. The minimum Gasteiger partial charge on any atom is -0.328 e. The first kappa shape index (κ1) is 12.5. The Morgan fingerprint density at radius 2 is 2.00 bits per heavy atom.